The van der Waals surface area contributed by atoms with E-state index in [-0.39, 0.29) is 0 Å². The molecule has 94 valence electrons. The summed E-state index contributed by atoms with van der Waals surface area (Å²) >= 11 is 0. The van der Waals surface area contributed by atoms with Crippen LogP contribution in [0.25, 0.3) is 0 Å². The lowest BCUT2D eigenvalue weighted by Crippen LogP contribution is -1.93. The molecule has 0 aromatic heterocycles. The van der Waals surface area contributed by atoms with Gasteiger partial charge in [-0.05, 0) is 50.3 Å². The number of rotatable bonds is 3. The minimum Gasteiger partial charge on any atom is -0.0613 e. The summed E-state index contributed by atoms with van der Waals surface area (Å²) in [5.74, 6) is 0. The molecule has 0 fully saturated rings. The van der Waals surface area contributed by atoms with Crippen LogP contribution in [0.15, 0.2) is 36.4 Å². The normalized spacial score (nSPS) is 10.7. The summed E-state index contributed by atoms with van der Waals surface area (Å²) in [6.45, 7) is 8.74. The van der Waals surface area contributed by atoms with Crippen LogP contribution in [-0.4, -0.2) is 0 Å². The molecule has 0 saturated heterocycles. The van der Waals surface area contributed by atoms with Crippen LogP contribution in [0.3, 0.4) is 0 Å². The Bertz CT molecular complexity index is 530. The average molecular weight is 238 g/mol. The van der Waals surface area contributed by atoms with E-state index in [1.807, 2.05) is 0 Å². The molecular formula is C18H22. The molecule has 0 saturated carbocycles. The summed E-state index contributed by atoms with van der Waals surface area (Å²) in [5.41, 5.74) is 8.36. The fourth-order valence-electron chi connectivity index (χ4n) is 2.66. The average Bonchev–Trinajstić information content (AvgIpc) is 2.26. The number of hydrogen-bond acceptors (Lipinski definition) is 0. The monoisotopic (exact) mass is 238 g/mol. The van der Waals surface area contributed by atoms with Gasteiger partial charge in [-0.15, -0.1) is 0 Å². The van der Waals surface area contributed by atoms with Gasteiger partial charge in [0.05, 0.1) is 0 Å². The van der Waals surface area contributed by atoms with Gasteiger partial charge in [0.25, 0.3) is 0 Å². The van der Waals surface area contributed by atoms with Crippen molar-refractivity contribution in [2.75, 3.05) is 0 Å². The Morgan fingerprint density at radius 2 is 1.06 bits per heavy atom. The zero-order chi connectivity index (χ0) is 13.1. The van der Waals surface area contributed by atoms with Gasteiger partial charge in [-0.25, -0.2) is 0 Å². The quantitative estimate of drug-likeness (QED) is 0.723. The summed E-state index contributed by atoms with van der Waals surface area (Å²) in [5, 5.41) is 0. The van der Waals surface area contributed by atoms with Crippen molar-refractivity contribution in [3.63, 3.8) is 0 Å². The summed E-state index contributed by atoms with van der Waals surface area (Å²) in [7, 11) is 0. The highest BCUT2D eigenvalue weighted by molar-refractivity contribution is 5.36. The maximum absolute atomic E-state index is 2.34. The Labute approximate surface area is 111 Å². The fraction of sp³-hybridized carbons (Fsp3) is 0.333. The molecule has 0 N–H and O–H groups in total. The third-order valence-corrected chi connectivity index (χ3v) is 3.29. The van der Waals surface area contributed by atoms with E-state index in [0.717, 1.165) is 12.8 Å². The highest BCUT2D eigenvalue weighted by Gasteiger charge is 2.01. The molecular weight excluding hydrogens is 216 g/mol. The molecule has 0 aliphatic rings. The van der Waals surface area contributed by atoms with Gasteiger partial charge >= 0.3 is 0 Å². The van der Waals surface area contributed by atoms with Gasteiger partial charge in [-0.3, -0.25) is 0 Å². The summed E-state index contributed by atoms with van der Waals surface area (Å²) in [6.07, 6.45) is 2.15. The molecule has 0 heterocycles. The van der Waals surface area contributed by atoms with Gasteiger partial charge in [-0.1, -0.05) is 60.0 Å². The Morgan fingerprint density at radius 3 is 1.61 bits per heavy atom. The zero-order valence-corrected chi connectivity index (χ0v) is 11.9. The SMILES string of the molecule is CCc1cc(C)cc(Cc2cc(C)cc(C)c2)c1. The first-order valence-electron chi connectivity index (χ1n) is 6.73. The molecule has 18 heavy (non-hydrogen) atoms. The van der Waals surface area contributed by atoms with Gasteiger partial charge in [0.15, 0.2) is 0 Å². The number of benzene rings is 2. The van der Waals surface area contributed by atoms with Crippen LogP contribution in [0.1, 0.15) is 40.3 Å². The first-order chi connectivity index (χ1) is 8.56. The maximum Gasteiger partial charge on any atom is -0.00254 e. The van der Waals surface area contributed by atoms with Crippen molar-refractivity contribution in [3.05, 3.63) is 69.8 Å². The van der Waals surface area contributed by atoms with Gasteiger partial charge in [0, 0.05) is 0 Å². The lowest BCUT2D eigenvalue weighted by atomic mass is 9.97. The summed E-state index contributed by atoms with van der Waals surface area (Å²) < 4.78 is 0. The van der Waals surface area contributed by atoms with Crippen molar-refractivity contribution < 1.29 is 0 Å². The highest BCUT2D eigenvalue weighted by Crippen LogP contribution is 2.17. The first kappa shape index (κ1) is 12.9. The Morgan fingerprint density at radius 1 is 0.611 bits per heavy atom. The van der Waals surface area contributed by atoms with Crippen LogP contribution in [-0.2, 0) is 12.8 Å². The second-order valence-corrected chi connectivity index (χ2v) is 5.35. The van der Waals surface area contributed by atoms with Crippen molar-refractivity contribution in [1.29, 1.82) is 0 Å². The molecule has 0 spiro atoms. The molecule has 2 rings (SSSR count). The highest BCUT2D eigenvalue weighted by atomic mass is 14.1. The lowest BCUT2D eigenvalue weighted by molar-refractivity contribution is 1.09. The molecule has 0 nitrogen and oxygen atoms in total. The molecule has 0 heteroatoms. The van der Waals surface area contributed by atoms with E-state index >= 15 is 0 Å². The van der Waals surface area contributed by atoms with Gasteiger partial charge in [0.1, 0.15) is 0 Å². The van der Waals surface area contributed by atoms with E-state index in [4.69, 9.17) is 0 Å². The van der Waals surface area contributed by atoms with Crippen LogP contribution in [0, 0.1) is 20.8 Å². The summed E-state index contributed by atoms with van der Waals surface area (Å²) in [4.78, 5) is 0. The molecule has 2 aromatic rings. The van der Waals surface area contributed by atoms with Gasteiger partial charge in [0.2, 0.25) is 0 Å². The van der Waals surface area contributed by atoms with Gasteiger partial charge < -0.3 is 0 Å². The Hall–Kier alpha value is -1.56. The largest absolute Gasteiger partial charge is 0.0613 e. The van der Waals surface area contributed by atoms with Crippen LogP contribution < -0.4 is 0 Å². The second kappa shape index (κ2) is 5.39. The third kappa shape index (κ3) is 3.22. The minimum absolute atomic E-state index is 1.04. The topological polar surface area (TPSA) is 0 Å². The standard InChI is InChI=1S/C18H22/c1-5-16-7-15(4)10-18(11-16)12-17-8-13(2)6-14(3)9-17/h6-11H,5,12H2,1-4H3. The molecule has 0 atom stereocenters. The molecule has 0 unspecified atom stereocenters. The third-order valence-electron chi connectivity index (χ3n) is 3.29. The van der Waals surface area contributed by atoms with E-state index in [2.05, 4.69) is 64.1 Å². The van der Waals surface area contributed by atoms with Crippen molar-refractivity contribution in [1.82, 2.24) is 0 Å². The smallest absolute Gasteiger partial charge is 0.00254 e. The minimum atomic E-state index is 1.04. The van der Waals surface area contributed by atoms with Crippen molar-refractivity contribution >= 4 is 0 Å². The number of aryl methyl sites for hydroxylation is 4. The molecule has 0 aliphatic carbocycles. The van der Waals surface area contributed by atoms with Crippen molar-refractivity contribution in [2.45, 2.75) is 40.5 Å². The molecule has 0 aliphatic heterocycles. The van der Waals surface area contributed by atoms with E-state index in [9.17, 15) is 0 Å². The predicted octanol–water partition coefficient (Wildman–Crippen LogP) is 4.77. The van der Waals surface area contributed by atoms with Crippen molar-refractivity contribution in [3.8, 4) is 0 Å². The first-order valence-corrected chi connectivity index (χ1v) is 6.73. The van der Waals surface area contributed by atoms with E-state index in [1.54, 1.807) is 0 Å². The second-order valence-electron chi connectivity index (χ2n) is 5.35. The molecule has 2 aromatic carbocycles. The van der Waals surface area contributed by atoms with Crippen LogP contribution in [0.4, 0.5) is 0 Å². The molecule has 0 amide bonds. The molecule has 0 bridgehead atoms. The Kier molecular flexibility index (Phi) is 3.86. The fourth-order valence-corrected chi connectivity index (χ4v) is 2.66. The lowest BCUT2D eigenvalue weighted by Gasteiger charge is -2.08. The Balaban J connectivity index is 2.30. The van der Waals surface area contributed by atoms with Crippen LogP contribution in [0.5, 0.6) is 0 Å². The maximum atomic E-state index is 2.34. The zero-order valence-electron chi connectivity index (χ0n) is 11.9. The van der Waals surface area contributed by atoms with E-state index in [1.165, 1.54) is 33.4 Å². The van der Waals surface area contributed by atoms with Crippen LogP contribution in [0.2, 0.25) is 0 Å². The van der Waals surface area contributed by atoms with E-state index in [0.29, 0.717) is 0 Å². The van der Waals surface area contributed by atoms with E-state index < -0.39 is 0 Å². The number of hydrogen-bond donors (Lipinski definition) is 0. The van der Waals surface area contributed by atoms with Crippen LogP contribution >= 0.6 is 0 Å². The summed E-state index contributed by atoms with van der Waals surface area (Å²) in [6, 6.07) is 13.7. The predicted molar refractivity (Wildman–Crippen MR) is 79.3 cm³/mol. The van der Waals surface area contributed by atoms with Crippen molar-refractivity contribution in [2.24, 2.45) is 0 Å². The molecule has 0 radical (unpaired) electrons. The van der Waals surface area contributed by atoms with Gasteiger partial charge in [-0.2, -0.15) is 0 Å².